The van der Waals surface area contributed by atoms with Gasteiger partial charge in [0.05, 0.1) is 12.0 Å². The number of amides is 1. The zero-order chi connectivity index (χ0) is 13.6. The molecule has 18 heavy (non-hydrogen) atoms. The van der Waals surface area contributed by atoms with Gasteiger partial charge in [0.25, 0.3) is 0 Å². The molecule has 6 heteroatoms. The van der Waals surface area contributed by atoms with Crippen molar-refractivity contribution < 1.29 is 19.4 Å². The van der Waals surface area contributed by atoms with Crippen LogP contribution in [0.5, 0.6) is 0 Å². The average Bonchev–Trinajstić information content (AvgIpc) is 2.28. The third kappa shape index (κ3) is 4.17. The molecule has 1 rings (SSSR count). The lowest BCUT2D eigenvalue weighted by atomic mass is 9.77. The van der Waals surface area contributed by atoms with Crippen LogP contribution < -0.4 is 5.32 Å². The largest absolute Gasteiger partial charge is 0.480 e. The molecule has 5 nitrogen and oxygen atoms in total. The van der Waals surface area contributed by atoms with Crippen LogP contribution in [0.15, 0.2) is 0 Å². The van der Waals surface area contributed by atoms with Gasteiger partial charge >= 0.3 is 5.97 Å². The highest BCUT2D eigenvalue weighted by atomic mass is 32.2. The van der Waals surface area contributed by atoms with Crippen LogP contribution in [0.3, 0.4) is 0 Å². The highest BCUT2D eigenvalue weighted by Crippen LogP contribution is 2.37. The number of carbonyl (C=O) groups is 2. The van der Waals surface area contributed by atoms with Crippen molar-refractivity contribution in [3.63, 3.8) is 0 Å². The standard InChI is InChI=1S/C12H21NO4S/c1-17-12(5-3-6-12)8-10(14)13-9(11(15)16)4-7-18-2/h9H,3-8H2,1-2H3,(H,13,14)(H,15,16)/t9-/m1/s1. The number of ether oxygens (including phenoxy) is 1. The van der Waals surface area contributed by atoms with Crippen molar-refractivity contribution in [2.24, 2.45) is 0 Å². The molecule has 1 amide bonds. The van der Waals surface area contributed by atoms with E-state index in [9.17, 15) is 9.59 Å². The van der Waals surface area contributed by atoms with Gasteiger partial charge in [0.15, 0.2) is 0 Å². The molecule has 0 heterocycles. The molecule has 0 aromatic carbocycles. The zero-order valence-corrected chi connectivity index (χ0v) is 11.7. The second kappa shape index (κ2) is 6.99. The first-order chi connectivity index (χ1) is 8.53. The van der Waals surface area contributed by atoms with Crippen molar-refractivity contribution in [3.05, 3.63) is 0 Å². The molecule has 0 aliphatic heterocycles. The molecule has 0 aromatic heterocycles. The first-order valence-corrected chi connectivity index (χ1v) is 7.48. The van der Waals surface area contributed by atoms with Gasteiger partial charge in [-0.1, -0.05) is 0 Å². The molecule has 1 saturated carbocycles. The topological polar surface area (TPSA) is 75.6 Å². The van der Waals surface area contributed by atoms with E-state index in [0.717, 1.165) is 19.3 Å². The highest BCUT2D eigenvalue weighted by Gasteiger charge is 2.39. The third-order valence-electron chi connectivity index (χ3n) is 3.42. The van der Waals surface area contributed by atoms with Crippen LogP contribution in [-0.2, 0) is 14.3 Å². The number of carbonyl (C=O) groups excluding carboxylic acids is 1. The van der Waals surface area contributed by atoms with Crippen molar-refractivity contribution in [1.29, 1.82) is 0 Å². The normalized spacial score (nSPS) is 18.8. The van der Waals surface area contributed by atoms with Crippen LogP contribution in [0.2, 0.25) is 0 Å². The number of thioether (sulfide) groups is 1. The first kappa shape index (κ1) is 15.3. The van der Waals surface area contributed by atoms with E-state index >= 15 is 0 Å². The fraction of sp³-hybridized carbons (Fsp3) is 0.833. The molecule has 0 bridgehead atoms. The van der Waals surface area contributed by atoms with Crippen LogP contribution in [0.25, 0.3) is 0 Å². The van der Waals surface area contributed by atoms with E-state index in [4.69, 9.17) is 9.84 Å². The summed E-state index contributed by atoms with van der Waals surface area (Å²) in [5.74, 6) is -0.491. The average molecular weight is 275 g/mol. The summed E-state index contributed by atoms with van der Waals surface area (Å²) in [6.07, 6.45) is 5.43. The van der Waals surface area contributed by atoms with Crippen LogP contribution in [-0.4, -0.2) is 47.7 Å². The van der Waals surface area contributed by atoms with Gasteiger partial charge in [-0.05, 0) is 37.7 Å². The Morgan fingerprint density at radius 2 is 2.17 bits per heavy atom. The molecule has 0 unspecified atom stereocenters. The molecular formula is C12H21NO4S. The van der Waals surface area contributed by atoms with E-state index in [1.807, 2.05) is 6.26 Å². The number of carboxylic acids is 1. The van der Waals surface area contributed by atoms with E-state index in [-0.39, 0.29) is 17.9 Å². The van der Waals surface area contributed by atoms with Crippen molar-refractivity contribution in [2.45, 2.75) is 43.7 Å². The summed E-state index contributed by atoms with van der Waals surface area (Å²) < 4.78 is 5.36. The van der Waals surface area contributed by atoms with Crippen LogP contribution in [0, 0.1) is 0 Å². The summed E-state index contributed by atoms with van der Waals surface area (Å²) in [5.41, 5.74) is -0.355. The molecule has 0 spiro atoms. The van der Waals surface area contributed by atoms with Gasteiger partial charge in [-0.2, -0.15) is 11.8 Å². The fourth-order valence-corrected chi connectivity index (χ4v) is 2.53. The number of aliphatic carboxylic acids is 1. The van der Waals surface area contributed by atoms with Crippen molar-refractivity contribution in [3.8, 4) is 0 Å². The van der Waals surface area contributed by atoms with Gasteiger partial charge in [0, 0.05) is 7.11 Å². The van der Waals surface area contributed by atoms with Gasteiger partial charge in [0.1, 0.15) is 6.04 Å². The molecule has 1 aliphatic carbocycles. The molecular weight excluding hydrogens is 254 g/mol. The summed E-state index contributed by atoms with van der Waals surface area (Å²) in [5, 5.41) is 11.6. The lowest BCUT2D eigenvalue weighted by Gasteiger charge is -2.40. The van der Waals surface area contributed by atoms with Gasteiger partial charge in [-0.3, -0.25) is 4.79 Å². The molecule has 1 atom stereocenters. The first-order valence-electron chi connectivity index (χ1n) is 6.09. The van der Waals surface area contributed by atoms with Gasteiger partial charge in [0.2, 0.25) is 5.91 Å². The second-order valence-electron chi connectivity index (χ2n) is 4.66. The predicted molar refractivity (Wildman–Crippen MR) is 70.8 cm³/mol. The fourth-order valence-electron chi connectivity index (χ4n) is 2.06. The zero-order valence-electron chi connectivity index (χ0n) is 10.9. The lowest BCUT2D eigenvalue weighted by Crippen LogP contribution is -2.48. The number of carboxylic acid groups (broad SMARTS) is 1. The van der Waals surface area contributed by atoms with E-state index in [1.54, 1.807) is 18.9 Å². The molecule has 0 radical (unpaired) electrons. The summed E-state index contributed by atoms with van der Waals surface area (Å²) in [4.78, 5) is 22.8. The number of rotatable bonds is 8. The maximum atomic E-state index is 11.8. The maximum absolute atomic E-state index is 11.8. The highest BCUT2D eigenvalue weighted by molar-refractivity contribution is 7.98. The van der Waals surface area contributed by atoms with Gasteiger partial charge < -0.3 is 15.2 Å². The van der Waals surface area contributed by atoms with E-state index in [1.165, 1.54) is 0 Å². The second-order valence-corrected chi connectivity index (χ2v) is 5.64. The minimum Gasteiger partial charge on any atom is -0.480 e. The van der Waals surface area contributed by atoms with E-state index in [2.05, 4.69) is 5.32 Å². The molecule has 0 saturated heterocycles. The summed E-state index contributed by atoms with van der Waals surface area (Å²) in [7, 11) is 1.61. The quantitative estimate of drug-likeness (QED) is 0.697. The molecule has 2 N–H and O–H groups in total. The SMILES string of the molecule is COC1(CC(=O)N[C@H](CCSC)C(=O)O)CCC1. The smallest absolute Gasteiger partial charge is 0.326 e. The number of methoxy groups -OCH3 is 1. The molecule has 1 fully saturated rings. The van der Waals surface area contributed by atoms with E-state index < -0.39 is 12.0 Å². The maximum Gasteiger partial charge on any atom is 0.326 e. The summed E-state index contributed by atoms with van der Waals surface area (Å²) in [6, 6.07) is -0.793. The Morgan fingerprint density at radius 1 is 1.50 bits per heavy atom. The summed E-state index contributed by atoms with van der Waals surface area (Å²) >= 11 is 1.57. The van der Waals surface area contributed by atoms with Crippen molar-refractivity contribution in [1.82, 2.24) is 5.32 Å². The number of hydrogen-bond donors (Lipinski definition) is 2. The predicted octanol–water partition coefficient (Wildman–Crippen LogP) is 1.27. The Morgan fingerprint density at radius 3 is 2.56 bits per heavy atom. The summed E-state index contributed by atoms with van der Waals surface area (Å²) in [6.45, 7) is 0. The molecule has 1 aliphatic rings. The van der Waals surface area contributed by atoms with Crippen LogP contribution in [0.4, 0.5) is 0 Å². The Kier molecular flexibility index (Phi) is 5.95. The van der Waals surface area contributed by atoms with Crippen molar-refractivity contribution >= 4 is 23.6 Å². The monoisotopic (exact) mass is 275 g/mol. The third-order valence-corrected chi connectivity index (χ3v) is 4.07. The Balaban J connectivity index is 2.43. The number of hydrogen-bond acceptors (Lipinski definition) is 4. The molecule has 0 aromatic rings. The lowest BCUT2D eigenvalue weighted by molar-refractivity contribution is -0.144. The Labute approximate surface area is 112 Å². The molecule has 104 valence electrons. The van der Waals surface area contributed by atoms with Crippen molar-refractivity contribution in [2.75, 3.05) is 19.1 Å². The Hall–Kier alpha value is -0.750. The van der Waals surface area contributed by atoms with Crippen LogP contribution in [0.1, 0.15) is 32.1 Å². The Bertz CT molecular complexity index is 299. The minimum atomic E-state index is -0.975. The number of nitrogens with one attached hydrogen (secondary N) is 1. The van der Waals surface area contributed by atoms with E-state index in [0.29, 0.717) is 12.2 Å². The minimum absolute atomic E-state index is 0.231. The van der Waals surface area contributed by atoms with Gasteiger partial charge in [-0.25, -0.2) is 4.79 Å². The van der Waals surface area contributed by atoms with Crippen LogP contribution >= 0.6 is 11.8 Å². The van der Waals surface area contributed by atoms with Gasteiger partial charge in [-0.15, -0.1) is 0 Å².